The average Bonchev–Trinajstić information content (AvgIpc) is 3.02. The van der Waals surface area contributed by atoms with Crippen LogP contribution in [-0.2, 0) is 22.7 Å². The molecule has 154 valence electrons. The molecule has 2 aliphatic rings. The molecule has 5 N–H and O–H groups in total. The fourth-order valence-corrected chi connectivity index (χ4v) is 3.69. The summed E-state index contributed by atoms with van der Waals surface area (Å²) in [7, 11) is 0. The average molecular weight is 407 g/mol. The first-order chi connectivity index (χ1) is 14.4. The standard InChI is InChI=1S/C21H21N5O4/c22-14-2-1-3-15(9-14)24-21(30)23-10-12-4-5-13-11-26(20(29)16(13)8-12)17-6-7-18(27)25-19(17)28/h1-5,8-9,17H,6-7,10-11,22H2,(H2,23,24,30)(H,25,27,28). The molecule has 2 aromatic rings. The summed E-state index contributed by atoms with van der Waals surface area (Å²) < 4.78 is 0. The number of hydrogen-bond acceptors (Lipinski definition) is 5. The summed E-state index contributed by atoms with van der Waals surface area (Å²) in [6.45, 7) is 0.553. The Morgan fingerprint density at radius 3 is 2.77 bits per heavy atom. The second-order valence-corrected chi connectivity index (χ2v) is 7.32. The van der Waals surface area contributed by atoms with Crippen molar-refractivity contribution in [1.29, 1.82) is 0 Å². The van der Waals surface area contributed by atoms with E-state index in [0.29, 0.717) is 29.9 Å². The van der Waals surface area contributed by atoms with E-state index >= 15 is 0 Å². The van der Waals surface area contributed by atoms with Crippen molar-refractivity contribution >= 4 is 35.1 Å². The minimum atomic E-state index is -0.645. The lowest BCUT2D eigenvalue weighted by Gasteiger charge is -2.29. The van der Waals surface area contributed by atoms with E-state index in [1.807, 2.05) is 12.1 Å². The lowest BCUT2D eigenvalue weighted by Crippen LogP contribution is -2.52. The van der Waals surface area contributed by atoms with Crippen molar-refractivity contribution in [3.8, 4) is 0 Å². The number of amides is 5. The number of piperidine rings is 1. The molecule has 1 fully saturated rings. The molecule has 5 amide bonds. The van der Waals surface area contributed by atoms with Gasteiger partial charge in [-0.1, -0.05) is 18.2 Å². The quantitative estimate of drug-likeness (QED) is 0.448. The topological polar surface area (TPSA) is 134 Å². The van der Waals surface area contributed by atoms with Crippen LogP contribution in [0.5, 0.6) is 0 Å². The maximum atomic E-state index is 12.8. The Labute approximate surface area is 172 Å². The zero-order chi connectivity index (χ0) is 21.3. The van der Waals surface area contributed by atoms with Gasteiger partial charge >= 0.3 is 6.03 Å². The second kappa shape index (κ2) is 7.86. The Hall–Kier alpha value is -3.88. The Bertz CT molecular complexity index is 1050. The number of nitrogens with zero attached hydrogens (tertiary/aromatic N) is 1. The molecule has 0 saturated carbocycles. The number of fused-ring (bicyclic) bond motifs is 1. The van der Waals surface area contributed by atoms with Gasteiger partial charge in [-0.2, -0.15) is 0 Å². The highest BCUT2D eigenvalue weighted by molar-refractivity contribution is 6.05. The van der Waals surface area contributed by atoms with Crippen LogP contribution >= 0.6 is 0 Å². The normalized spacial score (nSPS) is 18.1. The van der Waals surface area contributed by atoms with Crippen molar-refractivity contribution in [2.24, 2.45) is 0 Å². The van der Waals surface area contributed by atoms with Gasteiger partial charge < -0.3 is 21.3 Å². The summed E-state index contributed by atoms with van der Waals surface area (Å²) in [5.41, 5.74) is 8.91. The number of nitrogen functional groups attached to an aromatic ring is 1. The molecule has 0 bridgehead atoms. The summed E-state index contributed by atoms with van der Waals surface area (Å²) in [5.74, 6) is -0.997. The fourth-order valence-electron chi connectivity index (χ4n) is 3.69. The number of benzene rings is 2. The van der Waals surface area contributed by atoms with Crippen molar-refractivity contribution in [3.05, 3.63) is 59.2 Å². The van der Waals surface area contributed by atoms with Gasteiger partial charge in [-0.15, -0.1) is 0 Å². The van der Waals surface area contributed by atoms with Gasteiger partial charge in [-0.3, -0.25) is 19.7 Å². The van der Waals surface area contributed by atoms with Crippen molar-refractivity contribution in [1.82, 2.24) is 15.5 Å². The van der Waals surface area contributed by atoms with E-state index in [-0.39, 0.29) is 24.8 Å². The number of hydrogen-bond donors (Lipinski definition) is 4. The minimum absolute atomic E-state index is 0.216. The van der Waals surface area contributed by atoms with Crippen LogP contribution in [-0.4, -0.2) is 34.7 Å². The van der Waals surface area contributed by atoms with E-state index in [4.69, 9.17) is 5.73 Å². The van der Waals surface area contributed by atoms with Gasteiger partial charge in [0.15, 0.2) is 0 Å². The van der Waals surface area contributed by atoms with Crippen LogP contribution < -0.4 is 21.7 Å². The highest BCUT2D eigenvalue weighted by Gasteiger charge is 2.39. The number of anilines is 2. The first-order valence-corrected chi connectivity index (χ1v) is 9.57. The van der Waals surface area contributed by atoms with Gasteiger partial charge in [-0.05, 0) is 41.8 Å². The molecule has 9 nitrogen and oxygen atoms in total. The monoisotopic (exact) mass is 407 g/mol. The summed E-state index contributed by atoms with van der Waals surface area (Å²) in [6.07, 6.45) is 0.539. The molecule has 4 rings (SSSR count). The SMILES string of the molecule is Nc1cccc(NC(=O)NCc2ccc3c(c2)C(=O)N(C2CCC(=O)NC2=O)C3)c1. The number of carbonyl (C=O) groups is 4. The molecule has 0 spiro atoms. The van der Waals surface area contributed by atoms with Crippen molar-refractivity contribution in [2.75, 3.05) is 11.1 Å². The fraction of sp³-hybridized carbons (Fsp3) is 0.238. The molecule has 0 aromatic heterocycles. The van der Waals surface area contributed by atoms with Crippen LogP contribution in [0.15, 0.2) is 42.5 Å². The van der Waals surface area contributed by atoms with Crippen LogP contribution in [0.3, 0.4) is 0 Å². The second-order valence-electron chi connectivity index (χ2n) is 7.32. The number of urea groups is 1. The third-order valence-electron chi connectivity index (χ3n) is 5.19. The molecule has 1 unspecified atom stereocenters. The molecule has 2 aliphatic heterocycles. The van der Waals surface area contributed by atoms with Crippen LogP contribution in [0.2, 0.25) is 0 Å². The van der Waals surface area contributed by atoms with Crippen molar-refractivity contribution in [2.45, 2.75) is 32.0 Å². The molecule has 30 heavy (non-hydrogen) atoms. The first kappa shape index (κ1) is 19.4. The number of imide groups is 1. The highest BCUT2D eigenvalue weighted by Crippen LogP contribution is 2.28. The van der Waals surface area contributed by atoms with Crippen molar-refractivity contribution in [3.63, 3.8) is 0 Å². The van der Waals surface area contributed by atoms with Gasteiger partial charge in [-0.25, -0.2) is 4.79 Å². The largest absolute Gasteiger partial charge is 0.399 e. The summed E-state index contributed by atoms with van der Waals surface area (Å²) in [4.78, 5) is 49.9. The summed E-state index contributed by atoms with van der Waals surface area (Å²) >= 11 is 0. The van der Waals surface area contributed by atoms with E-state index in [9.17, 15) is 19.2 Å². The lowest BCUT2D eigenvalue weighted by atomic mass is 10.0. The molecule has 0 radical (unpaired) electrons. The van der Waals surface area contributed by atoms with Crippen LogP contribution in [0.25, 0.3) is 0 Å². The van der Waals surface area contributed by atoms with Crippen LogP contribution in [0.1, 0.15) is 34.3 Å². The first-order valence-electron chi connectivity index (χ1n) is 9.57. The van der Waals surface area contributed by atoms with E-state index in [2.05, 4.69) is 16.0 Å². The molecule has 9 heteroatoms. The highest BCUT2D eigenvalue weighted by atomic mass is 16.2. The Morgan fingerprint density at radius 1 is 1.17 bits per heavy atom. The molecule has 2 heterocycles. The Kier molecular flexibility index (Phi) is 5.09. The molecule has 1 atom stereocenters. The van der Waals surface area contributed by atoms with Gasteiger partial charge in [0.25, 0.3) is 5.91 Å². The number of carbonyl (C=O) groups excluding carboxylic acids is 4. The van der Waals surface area contributed by atoms with E-state index in [0.717, 1.165) is 11.1 Å². The predicted octanol–water partition coefficient (Wildman–Crippen LogP) is 1.35. The van der Waals surface area contributed by atoms with E-state index < -0.39 is 18.0 Å². The molecule has 0 aliphatic carbocycles. The van der Waals surface area contributed by atoms with Gasteiger partial charge in [0, 0.05) is 36.4 Å². The Morgan fingerprint density at radius 2 is 2.00 bits per heavy atom. The maximum absolute atomic E-state index is 12.8. The zero-order valence-electron chi connectivity index (χ0n) is 16.1. The van der Waals surface area contributed by atoms with E-state index in [1.165, 1.54) is 4.90 Å². The summed E-state index contributed by atoms with van der Waals surface area (Å²) in [6, 6.07) is 11.2. The maximum Gasteiger partial charge on any atom is 0.319 e. The number of nitrogens with two attached hydrogens (primary N) is 1. The zero-order valence-corrected chi connectivity index (χ0v) is 16.1. The van der Waals surface area contributed by atoms with Crippen LogP contribution in [0, 0.1) is 0 Å². The number of rotatable bonds is 4. The van der Waals surface area contributed by atoms with Gasteiger partial charge in [0.2, 0.25) is 11.8 Å². The van der Waals surface area contributed by atoms with Crippen molar-refractivity contribution < 1.29 is 19.2 Å². The van der Waals surface area contributed by atoms with Gasteiger partial charge in [0.1, 0.15) is 6.04 Å². The lowest BCUT2D eigenvalue weighted by molar-refractivity contribution is -0.136. The van der Waals surface area contributed by atoms with E-state index in [1.54, 1.807) is 30.3 Å². The minimum Gasteiger partial charge on any atom is -0.399 e. The molecular weight excluding hydrogens is 386 g/mol. The summed E-state index contributed by atoms with van der Waals surface area (Å²) in [5, 5.41) is 7.72. The van der Waals surface area contributed by atoms with Crippen LogP contribution in [0.4, 0.5) is 16.2 Å². The third kappa shape index (κ3) is 3.95. The molecular formula is C21H21N5O4. The predicted molar refractivity (Wildman–Crippen MR) is 109 cm³/mol. The van der Waals surface area contributed by atoms with Gasteiger partial charge in [0.05, 0.1) is 0 Å². The molecule has 2 aromatic carbocycles. The third-order valence-corrected chi connectivity index (χ3v) is 5.19. The Balaban J connectivity index is 1.39. The smallest absolute Gasteiger partial charge is 0.319 e. The number of nitrogens with one attached hydrogen (secondary N) is 3. The molecule has 1 saturated heterocycles.